The number of benzene rings is 1. The highest BCUT2D eigenvalue weighted by Crippen LogP contribution is 2.20. The lowest BCUT2D eigenvalue weighted by Gasteiger charge is -2.04. The van der Waals surface area contributed by atoms with Gasteiger partial charge in [0, 0.05) is 16.9 Å². The van der Waals surface area contributed by atoms with Gasteiger partial charge in [-0.1, -0.05) is 23.7 Å². The van der Waals surface area contributed by atoms with Crippen molar-refractivity contribution in [3.8, 4) is 0 Å². The summed E-state index contributed by atoms with van der Waals surface area (Å²) in [6, 6.07) is 9.24. The van der Waals surface area contributed by atoms with Crippen LogP contribution in [0.4, 0.5) is 0 Å². The Morgan fingerprint density at radius 3 is 2.88 bits per heavy atom. The summed E-state index contributed by atoms with van der Waals surface area (Å²) in [6.45, 7) is 0.479. The van der Waals surface area contributed by atoms with Crippen molar-refractivity contribution >= 4 is 44.8 Å². The molecule has 1 N–H and O–H groups in total. The van der Waals surface area contributed by atoms with Crippen molar-refractivity contribution in [2.75, 3.05) is 0 Å². The van der Waals surface area contributed by atoms with Gasteiger partial charge in [0.25, 0.3) is 5.91 Å². The maximum absolute atomic E-state index is 11.8. The molecule has 88 valence electrons. The quantitative estimate of drug-likeness (QED) is 0.902. The number of amides is 1. The predicted molar refractivity (Wildman–Crippen MR) is 74.6 cm³/mol. The van der Waals surface area contributed by atoms with E-state index in [9.17, 15) is 4.79 Å². The summed E-state index contributed by atoms with van der Waals surface area (Å²) in [4.78, 5) is 11.8. The number of halogens is 2. The molecule has 0 spiro atoms. The van der Waals surface area contributed by atoms with Gasteiger partial charge >= 0.3 is 0 Å². The molecule has 1 heterocycles. The second kappa shape index (κ2) is 5.67. The van der Waals surface area contributed by atoms with Gasteiger partial charge in [0.2, 0.25) is 0 Å². The van der Waals surface area contributed by atoms with E-state index in [4.69, 9.17) is 11.6 Å². The zero-order valence-electron chi connectivity index (χ0n) is 8.74. The number of hydrogen-bond acceptors (Lipinski definition) is 2. The standard InChI is InChI=1S/C12H9BrClNOS/c13-11-5-9(7-17-11)12(16)15-6-8-2-1-3-10(14)4-8/h1-5,7H,6H2,(H,15,16). The van der Waals surface area contributed by atoms with E-state index in [0.29, 0.717) is 17.1 Å². The lowest BCUT2D eigenvalue weighted by atomic mass is 10.2. The van der Waals surface area contributed by atoms with E-state index in [1.54, 1.807) is 6.07 Å². The first-order chi connectivity index (χ1) is 8.15. The minimum atomic E-state index is -0.0769. The summed E-state index contributed by atoms with van der Waals surface area (Å²) < 4.78 is 0.949. The molecule has 2 rings (SSSR count). The fourth-order valence-corrected chi connectivity index (χ4v) is 2.71. The molecule has 0 aliphatic rings. The molecule has 2 nitrogen and oxygen atoms in total. The number of nitrogens with one attached hydrogen (secondary N) is 1. The summed E-state index contributed by atoms with van der Waals surface area (Å²) in [7, 11) is 0. The Hall–Kier alpha value is -0.840. The van der Waals surface area contributed by atoms with E-state index in [0.717, 1.165) is 9.35 Å². The Balaban J connectivity index is 1.97. The second-order valence-electron chi connectivity index (χ2n) is 3.45. The molecule has 2 aromatic rings. The molecule has 0 atom stereocenters. The molecule has 0 bridgehead atoms. The van der Waals surface area contributed by atoms with Gasteiger partial charge in [-0.05, 0) is 39.7 Å². The maximum Gasteiger partial charge on any atom is 0.252 e. The summed E-state index contributed by atoms with van der Waals surface area (Å²) >= 11 is 10.7. The number of rotatable bonds is 3. The highest BCUT2D eigenvalue weighted by atomic mass is 79.9. The summed E-state index contributed by atoms with van der Waals surface area (Å²) in [5.74, 6) is -0.0769. The van der Waals surface area contributed by atoms with Crippen molar-refractivity contribution in [1.29, 1.82) is 0 Å². The Kier molecular flexibility index (Phi) is 4.20. The van der Waals surface area contributed by atoms with Crippen LogP contribution in [0.15, 0.2) is 39.5 Å². The van der Waals surface area contributed by atoms with E-state index in [2.05, 4.69) is 21.2 Å². The average molecular weight is 331 g/mol. The first kappa shape index (κ1) is 12.6. The third-order valence-corrected chi connectivity index (χ3v) is 3.91. The van der Waals surface area contributed by atoms with Crippen LogP contribution in [0, 0.1) is 0 Å². The van der Waals surface area contributed by atoms with Crippen LogP contribution in [-0.4, -0.2) is 5.91 Å². The van der Waals surface area contributed by atoms with Gasteiger partial charge in [0.1, 0.15) is 0 Å². The molecule has 0 fully saturated rings. The fraction of sp³-hybridized carbons (Fsp3) is 0.0833. The molecule has 0 saturated carbocycles. The minimum Gasteiger partial charge on any atom is -0.348 e. The molecule has 5 heteroatoms. The lowest BCUT2D eigenvalue weighted by Crippen LogP contribution is -2.22. The first-order valence-electron chi connectivity index (χ1n) is 4.92. The molecule has 0 aliphatic heterocycles. The molecule has 0 radical (unpaired) electrons. The van der Waals surface area contributed by atoms with E-state index >= 15 is 0 Å². The third kappa shape index (κ3) is 3.56. The van der Waals surface area contributed by atoms with Crippen molar-refractivity contribution in [2.24, 2.45) is 0 Å². The second-order valence-corrected chi connectivity index (χ2v) is 6.18. The fourth-order valence-electron chi connectivity index (χ4n) is 1.36. The maximum atomic E-state index is 11.8. The van der Waals surface area contributed by atoms with Crippen molar-refractivity contribution in [3.63, 3.8) is 0 Å². The minimum absolute atomic E-state index is 0.0769. The Bertz CT molecular complexity index is 541. The van der Waals surface area contributed by atoms with Crippen LogP contribution in [-0.2, 0) is 6.54 Å². The van der Waals surface area contributed by atoms with Crippen LogP contribution in [0.5, 0.6) is 0 Å². The smallest absolute Gasteiger partial charge is 0.252 e. The average Bonchev–Trinajstić information content (AvgIpc) is 2.73. The summed E-state index contributed by atoms with van der Waals surface area (Å²) in [6.07, 6.45) is 0. The number of thiophene rings is 1. The van der Waals surface area contributed by atoms with Crippen LogP contribution >= 0.6 is 38.9 Å². The van der Waals surface area contributed by atoms with Gasteiger partial charge in [0.05, 0.1) is 9.35 Å². The Morgan fingerprint density at radius 2 is 2.24 bits per heavy atom. The molecular formula is C12H9BrClNOS. The van der Waals surface area contributed by atoms with Crippen LogP contribution in [0.3, 0.4) is 0 Å². The van der Waals surface area contributed by atoms with Crippen LogP contribution in [0.25, 0.3) is 0 Å². The van der Waals surface area contributed by atoms with Crippen molar-refractivity contribution < 1.29 is 4.79 Å². The highest BCUT2D eigenvalue weighted by Gasteiger charge is 2.07. The molecule has 1 aromatic carbocycles. The predicted octanol–water partition coefficient (Wildman–Crippen LogP) is 4.09. The van der Waals surface area contributed by atoms with Crippen LogP contribution in [0.2, 0.25) is 5.02 Å². The molecular weight excluding hydrogens is 322 g/mol. The molecule has 0 unspecified atom stereocenters. The van der Waals surface area contributed by atoms with Crippen molar-refractivity contribution in [3.05, 3.63) is 55.6 Å². The van der Waals surface area contributed by atoms with Crippen LogP contribution < -0.4 is 5.32 Å². The van der Waals surface area contributed by atoms with Crippen molar-refractivity contribution in [1.82, 2.24) is 5.32 Å². The largest absolute Gasteiger partial charge is 0.348 e. The molecule has 17 heavy (non-hydrogen) atoms. The number of hydrogen-bond donors (Lipinski definition) is 1. The first-order valence-corrected chi connectivity index (χ1v) is 6.97. The number of carbonyl (C=O) groups is 1. The Morgan fingerprint density at radius 1 is 1.41 bits per heavy atom. The lowest BCUT2D eigenvalue weighted by molar-refractivity contribution is 0.0951. The third-order valence-electron chi connectivity index (χ3n) is 2.17. The van der Waals surface area contributed by atoms with E-state index in [-0.39, 0.29) is 5.91 Å². The molecule has 0 saturated heterocycles. The zero-order valence-corrected chi connectivity index (χ0v) is 11.9. The number of carbonyl (C=O) groups excluding carboxylic acids is 1. The SMILES string of the molecule is O=C(NCc1cccc(Cl)c1)c1csc(Br)c1. The van der Waals surface area contributed by atoms with E-state index < -0.39 is 0 Å². The van der Waals surface area contributed by atoms with Crippen LogP contribution in [0.1, 0.15) is 15.9 Å². The van der Waals surface area contributed by atoms with Gasteiger partial charge in [-0.3, -0.25) is 4.79 Å². The van der Waals surface area contributed by atoms with Gasteiger partial charge < -0.3 is 5.32 Å². The zero-order chi connectivity index (χ0) is 12.3. The topological polar surface area (TPSA) is 29.1 Å². The highest BCUT2D eigenvalue weighted by molar-refractivity contribution is 9.11. The monoisotopic (exact) mass is 329 g/mol. The summed E-state index contributed by atoms with van der Waals surface area (Å²) in [5, 5.41) is 5.34. The molecule has 1 aromatic heterocycles. The Labute approximate surface area is 117 Å². The van der Waals surface area contributed by atoms with Gasteiger partial charge in [-0.25, -0.2) is 0 Å². The molecule has 1 amide bonds. The summed E-state index contributed by atoms with van der Waals surface area (Å²) in [5.41, 5.74) is 1.66. The van der Waals surface area contributed by atoms with Gasteiger partial charge in [-0.15, -0.1) is 11.3 Å². The van der Waals surface area contributed by atoms with E-state index in [1.807, 2.05) is 29.6 Å². The van der Waals surface area contributed by atoms with Gasteiger partial charge in [-0.2, -0.15) is 0 Å². The molecule has 0 aliphatic carbocycles. The van der Waals surface area contributed by atoms with Gasteiger partial charge in [0.15, 0.2) is 0 Å². The van der Waals surface area contributed by atoms with E-state index in [1.165, 1.54) is 11.3 Å². The van der Waals surface area contributed by atoms with Crippen molar-refractivity contribution in [2.45, 2.75) is 6.54 Å². The normalized spacial score (nSPS) is 10.2.